The van der Waals surface area contributed by atoms with Crippen LogP contribution in [-0.4, -0.2) is 32.4 Å². The number of aromatic nitrogens is 3. The number of nitrogens with one attached hydrogen (secondary N) is 1. The summed E-state index contributed by atoms with van der Waals surface area (Å²) in [6.45, 7) is 4.35. The van der Waals surface area contributed by atoms with Gasteiger partial charge in [-0.2, -0.15) is 0 Å². The van der Waals surface area contributed by atoms with Crippen molar-refractivity contribution in [3.05, 3.63) is 40.3 Å². The lowest BCUT2D eigenvalue weighted by Gasteiger charge is -2.11. The predicted octanol–water partition coefficient (Wildman–Crippen LogP) is 2.67. The van der Waals surface area contributed by atoms with Gasteiger partial charge >= 0.3 is 5.69 Å². The predicted molar refractivity (Wildman–Crippen MR) is 88.4 cm³/mol. The van der Waals surface area contributed by atoms with Gasteiger partial charge in [0.15, 0.2) is 10.9 Å². The van der Waals surface area contributed by atoms with Crippen molar-refractivity contribution >= 4 is 17.5 Å². The lowest BCUT2D eigenvalue weighted by atomic mass is 10.1. The van der Waals surface area contributed by atoms with Crippen molar-refractivity contribution < 1.29 is 9.53 Å². The topological polar surface area (TPSA) is 77.0 Å². The van der Waals surface area contributed by atoms with Gasteiger partial charge in [0.25, 0.3) is 0 Å². The van der Waals surface area contributed by atoms with Crippen molar-refractivity contribution in [3.8, 4) is 5.75 Å². The van der Waals surface area contributed by atoms with E-state index >= 15 is 0 Å². The van der Waals surface area contributed by atoms with Crippen LogP contribution in [0.3, 0.4) is 0 Å². The van der Waals surface area contributed by atoms with Gasteiger partial charge in [-0.05, 0) is 51.0 Å². The first-order valence-electron chi connectivity index (χ1n) is 7.70. The van der Waals surface area contributed by atoms with Gasteiger partial charge in [0.2, 0.25) is 0 Å². The van der Waals surface area contributed by atoms with Crippen LogP contribution in [0.15, 0.2) is 34.2 Å². The Labute approximate surface area is 138 Å². The van der Waals surface area contributed by atoms with Crippen LogP contribution in [0.1, 0.15) is 43.1 Å². The molecule has 1 aliphatic rings. The molecule has 0 aliphatic heterocycles. The second-order valence-electron chi connectivity index (χ2n) is 5.49. The standard InChI is InChI=1S/C16H19N3O3S/c1-3-22-13-8-4-11(5-9-13)14(20)10(2)23-16-18-17-15(21)19(16)12-6-7-12/h4-5,8-10,12H,3,6-7H2,1-2H3,(H,17,21)/t10-/m0/s1. The fourth-order valence-electron chi connectivity index (χ4n) is 2.36. The molecule has 1 N–H and O–H groups in total. The smallest absolute Gasteiger partial charge is 0.344 e. The molecule has 1 aromatic heterocycles. The molecule has 23 heavy (non-hydrogen) atoms. The van der Waals surface area contributed by atoms with Crippen molar-refractivity contribution in [1.29, 1.82) is 0 Å². The van der Waals surface area contributed by atoms with E-state index in [1.807, 2.05) is 13.8 Å². The maximum Gasteiger partial charge on any atom is 0.344 e. The summed E-state index contributed by atoms with van der Waals surface area (Å²) in [7, 11) is 0. The first-order chi connectivity index (χ1) is 11.1. The number of benzene rings is 1. The summed E-state index contributed by atoms with van der Waals surface area (Å²) < 4.78 is 7.04. The van der Waals surface area contributed by atoms with Crippen LogP contribution < -0.4 is 10.4 Å². The first kappa shape index (κ1) is 15.9. The van der Waals surface area contributed by atoms with E-state index in [0.717, 1.165) is 18.6 Å². The minimum atomic E-state index is -0.319. The molecule has 6 nitrogen and oxygen atoms in total. The van der Waals surface area contributed by atoms with Gasteiger partial charge in [-0.3, -0.25) is 9.36 Å². The third kappa shape index (κ3) is 3.50. The number of hydrogen-bond acceptors (Lipinski definition) is 5. The van der Waals surface area contributed by atoms with E-state index in [2.05, 4.69) is 10.2 Å². The second kappa shape index (κ2) is 6.62. The van der Waals surface area contributed by atoms with Crippen molar-refractivity contribution in [3.63, 3.8) is 0 Å². The molecule has 0 saturated heterocycles. The lowest BCUT2D eigenvalue weighted by molar-refractivity contribution is 0.0994. The van der Waals surface area contributed by atoms with Crippen molar-refractivity contribution in [1.82, 2.24) is 14.8 Å². The van der Waals surface area contributed by atoms with Crippen LogP contribution in [0.4, 0.5) is 0 Å². The summed E-state index contributed by atoms with van der Waals surface area (Å²) in [5.74, 6) is 0.759. The molecule has 1 atom stereocenters. The summed E-state index contributed by atoms with van der Waals surface area (Å²) in [5.41, 5.74) is 0.431. The fraction of sp³-hybridized carbons (Fsp3) is 0.438. The molecule has 1 aromatic carbocycles. The molecule has 3 rings (SSSR count). The second-order valence-corrected chi connectivity index (χ2v) is 6.80. The van der Waals surface area contributed by atoms with E-state index in [1.54, 1.807) is 28.8 Å². The number of Topliss-reactive ketones (excluding diaryl/α,β-unsaturated/α-hetero) is 1. The molecule has 122 valence electrons. The third-order valence-corrected chi connectivity index (χ3v) is 4.75. The normalized spacial score (nSPS) is 15.4. The summed E-state index contributed by atoms with van der Waals surface area (Å²) in [6, 6.07) is 7.36. The Morgan fingerprint density at radius 3 is 2.74 bits per heavy atom. The number of rotatable bonds is 7. The summed E-state index contributed by atoms with van der Waals surface area (Å²) in [5, 5.41) is 6.79. The zero-order valence-electron chi connectivity index (χ0n) is 13.1. The van der Waals surface area contributed by atoms with Gasteiger partial charge in [-0.25, -0.2) is 9.89 Å². The molecule has 0 amide bonds. The Kier molecular flexibility index (Phi) is 4.56. The Hall–Kier alpha value is -2.02. The number of H-pyrrole nitrogens is 1. The molecule has 1 saturated carbocycles. The number of nitrogens with zero attached hydrogens (tertiary/aromatic N) is 2. The van der Waals surface area contributed by atoms with Crippen LogP contribution in [0.2, 0.25) is 0 Å². The zero-order chi connectivity index (χ0) is 16.4. The monoisotopic (exact) mass is 333 g/mol. The molecule has 1 fully saturated rings. The van der Waals surface area contributed by atoms with E-state index in [4.69, 9.17) is 4.74 Å². The number of thioether (sulfide) groups is 1. The SMILES string of the molecule is CCOc1ccc(C(=O)[C@H](C)Sc2n[nH]c(=O)n2C2CC2)cc1. The molecule has 0 unspecified atom stereocenters. The van der Waals surface area contributed by atoms with Gasteiger partial charge < -0.3 is 4.74 Å². The van der Waals surface area contributed by atoms with Gasteiger partial charge in [0, 0.05) is 11.6 Å². The molecule has 1 heterocycles. The Morgan fingerprint density at radius 1 is 1.43 bits per heavy atom. The molecular formula is C16H19N3O3S. The first-order valence-corrected chi connectivity index (χ1v) is 8.58. The number of hydrogen-bond donors (Lipinski definition) is 1. The highest BCUT2D eigenvalue weighted by Crippen LogP contribution is 2.37. The van der Waals surface area contributed by atoms with Crippen LogP contribution in [0, 0.1) is 0 Å². The number of carbonyl (C=O) groups is 1. The Bertz CT molecular complexity index is 747. The number of carbonyl (C=O) groups excluding carboxylic acids is 1. The summed E-state index contributed by atoms with van der Waals surface area (Å²) in [6.07, 6.45) is 1.99. The molecule has 0 bridgehead atoms. The minimum Gasteiger partial charge on any atom is -0.494 e. The lowest BCUT2D eigenvalue weighted by Crippen LogP contribution is -2.18. The Balaban J connectivity index is 1.71. The molecule has 0 spiro atoms. The highest BCUT2D eigenvalue weighted by atomic mass is 32.2. The molecule has 7 heteroatoms. The van der Waals surface area contributed by atoms with Crippen molar-refractivity contribution in [2.24, 2.45) is 0 Å². The quantitative estimate of drug-likeness (QED) is 0.623. The van der Waals surface area contributed by atoms with Crippen molar-refractivity contribution in [2.75, 3.05) is 6.61 Å². The van der Waals surface area contributed by atoms with Gasteiger partial charge in [0.1, 0.15) is 5.75 Å². The third-order valence-electron chi connectivity index (χ3n) is 3.69. The van der Waals surface area contributed by atoms with Crippen molar-refractivity contribution in [2.45, 2.75) is 43.1 Å². The van der Waals surface area contributed by atoms with Gasteiger partial charge in [-0.15, -0.1) is 5.10 Å². The average Bonchev–Trinajstić information content (AvgIpc) is 3.32. The summed E-state index contributed by atoms with van der Waals surface area (Å²) in [4.78, 5) is 24.3. The molecule has 1 aliphatic carbocycles. The maximum atomic E-state index is 12.5. The maximum absolute atomic E-state index is 12.5. The highest BCUT2D eigenvalue weighted by molar-refractivity contribution is 8.00. The number of aromatic amines is 1. The fourth-order valence-corrected chi connectivity index (χ4v) is 3.36. The van der Waals surface area contributed by atoms with E-state index in [9.17, 15) is 9.59 Å². The van der Waals surface area contributed by atoms with Crippen LogP contribution in [-0.2, 0) is 0 Å². The van der Waals surface area contributed by atoms with E-state index in [-0.39, 0.29) is 22.8 Å². The molecule has 2 aromatic rings. The van der Waals surface area contributed by atoms with E-state index in [1.165, 1.54) is 11.8 Å². The molecule has 0 radical (unpaired) electrons. The summed E-state index contributed by atoms with van der Waals surface area (Å²) >= 11 is 1.32. The number of ether oxygens (including phenoxy) is 1. The van der Waals surface area contributed by atoms with E-state index in [0.29, 0.717) is 17.3 Å². The Morgan fingerprint density at radius 2 is 2.13 bits per heavy atom. The highest BCUT2D eigenvalue weighted by Gasteiger charge is 2.30. The largest absolute Gasteiger partial charge is 0.494 e. The van der Waals surface area contributed by atoms with E-state index < -0.39 is 0 Å². The van der Waals surface area contributed by atoms with Crippen LogP contribution in [0.25, 0.3) is 0 Å². The molecular weight excluding hydrogens is 314 g/mol. The van der Waals surface area contributed by atoms with Crippen LogP contribution >= 0.6 is 11.8 Å². The van der Waals surface area contributed by atoms with Gasteiger partial charge in [0.05, 0.1) is 11.9 Å². The zero-order valence-corrected chi connectivity index (χ0v) is 13.9. The minimum absolute atomic E-state index is 0.0100. The number of ketones is 1. The van der Waals surface area contributed by atoms with Gasteiger partial charge in [-0.1, -0.05) is 11.8 Å². The van der Waals surface area contributed by atoms with Crippen LogP contribution in [0.5, 0.6) is 5.75 Å². The average molecular weight is 333 g/mol.